The Balaban J connectivity index is 1.99. The van der Waals surface area contributed by atoms with E-state index in [-0.39, 0.29) is 11.6 Å². The molecule has 0 aliphatic carbocycles. The van der Waals surface area contributed by atoms with Gasteiger partial charge in [-0.15, -0.1) is 0 Å². The third kappa shape index (κ3) is 2.99. The van der Waals surface area contributed by atoms with Crippen LogP contribution in [0.3, 0.4) is 0 Å². The minimum Gasteiger partial charge on any atom is -0.497 e. The standard InChI is InChI=1S/C21H20N4O2/c1-14(2)25-19(26)12-11-17(22-25)20-18-6-4-5-13-24(18)23-21(20)15-7-9-16(27-3)10-8-15/h4-14H,1-3H3. The third-order valence-electron chi connectivity index (χ3n) is 4.47. The molecule has 0 spiro atoms. The number of benzene rings is 1. The first kappa shape index (κ1) is 17.0. The van der Waals surface area contributed by atoms with E-state index in [1.165, 1.54) is 4.68 Å². The van der Waals surface area contributed by atoms with Crippen molar-refractivity contribution in [3.8, 4) is 28.3 Å². The molecule has 4 rings (SSSR count). The fourth-order valence-electron chi connectivity index (χ4n) is 3.13. The summed E-state index contributed by atoms with van der Waals surface area (Å²) in [5, 5.41) is 9.37. The van der Waals surface area contributed by atoms with E-state index in [1.54, 1.807) is 19.2 Å². The Kier molecular flexibility index (Phi) is 4.24. The van der Waals surface area contributed by atoms with Crippen molar-refractivity contribution in [3.63, 3.8) is 0 Å². The molecule has 0 radical (unpaired) electrons. The minimum absolute atomic E-state index is 0.0243. The molecular formula is C21H20N4O2. The number of hydrogen-bond donors (Lipinski definition) is 0. The van der Waals surface area contributed by atoms with Crippen molar-refractivity contribution in [2.75, 3.05) is 7.11 Å². The summed E-state index contributed by atoms with van der Waals surface area (Å²) < 4.78 is 8.59. The van der Waals surface area contributed by atoms with E-state index in [0.717, 1.165) is 33.8 Å². The summed E-state index contributed by atoms with van der Waals surface area (Å²) in [6.07, 6.45) is 1.91. The van der Waals surface area contributed by atoms with Crippen molar-refractivity contribution >= 4 is 5.52 Å². The third-order valence-corrected chi connectivity index (χ3v) is 4.47. The molecule has 3 aromatic heterocycles. The highest BCUT2D eigenvalue weighted by molar-refractivity contribution is 5.90. The van der Waals surface area contributed by atoms with E-state index in [0.29, 0.717) is 0 Å². The number of nitrogens with zero attached hydrogens (tertiary/aromatic N) is 4. The predicted octanol–water partition coefficient (Wildman–Crippen LogP) is 3.81. The average molecular weight is 360 g/mol. The number of fused-ring (bicyclic) bond motifs is 1. The molecule has 4 aromatic rings. The molecule has 136 valence electrons. The smallest absolute Gasteiger partial charge is 0.267 e. The molecule has 0 bridgehead atoms. The molecule has 1 aromatic carbocycles. The fourth-order valence-corrected chi connectivity index (χ4v) is 3.13. The second-order valence-electron chi connectivity index (χ2n) is 6.58. The van der Waals surface area contributed by atoms with Gasteiger partial charge in [-0.3, -0.25) is 4.79 Å². The molecule has 6 nitrogen and oxygen atoms in total. The van der Waals surface area contributed by atoms with Gasteiger partial charge in [-0.05, 0) is 56.3 Å². The van der Waals surface area contributed by atoms with Crippen LogP contribution >= 0.6 is 0 Å². The highest BCUT2D eigenvalue weighted by Gasteiger charge is 2.18. The van der Waals surface area contributed by atoms with Gasteiger partial charge in [-0.2, -0.15) is 10.2 Å². The quantitative estimate of drug-likeness (QED) is 0.555. The number of methoxy groups -OCH3 is 1. The SMILES string of the molecule is COc1ccc(-c2nn3ccccc3c2-c2ccc(=O)n(C(C)C)n2)cc1. The summed E-state index contributed by atoms with van der Waals surface area (Å²) in [4.78, 5) is 12.1. The van der Waals surface area contributed by atoms with Gasteiger partial charge in [0.2, 0.25) is 0 Å². The number of rotatable bonds is 4. The number of ether oxygens (including phenoxy) is 1. The van der Waals surface area contributed by atoms with E-state index in [1.807, 2.05) is 67.0 Å². The predicted molar refractivity (Wildman–Crippen MR) is 105 cm³/mol. The van der Waals surface area contributed by atoms with Gasteiger partial charge >= 0.3 is 0 Å². The van der Waals surface area contributed by atoms with Gasteiger partial charge in [0.25, 0.3) is 5.56 Å². The summed E-state index contributed by atoms with van der Waals surface area (Å²) in [6, 6.07) is 17.0. The number of hydrogen-bond acceptors (Lipinski definition) is 4. The van der Waals surface area contributed by atoms with Crippen LogP contribution in [0.15, 0.2) is 65.6 Å². The largest absolute Gasteiger partial charge is 0.497 e. The number of aromatic nitrogens is 4. The normalized spacial score (nSPS) is 11.3. The van der Waals surface area contributed by atoms with E-state index in [2.05, 4.69) is 5.10 Å². The lowest BCUT2D eigenvalue weighted by Crippen LogP contribution is -2.23. The molecular weight excluding hydrogens is 340 g/mol. The van der Waals surface area contributed by atoms with Crippen LogP contribution in [0, 0.1) is 0 Å². The molecule has 6 heteroatoms. The van der Waals surface area contributed by atoms with Crippen molar-refractivity contribution in [1.82, 2.24) is 19.4 Å². The molecule has 3 heterocycles. The second-order valence-corrected chi connectivity index (χ2v) is 6.58. The highest BCUT2D eigenvalue weighted by Crippen LogP contribution is 2.34. The van der Waals surface area contributed by atoms with Crippen molar-refractivity contribution in [1.29, 1.82) is 0 Å². The summed E-state index contributed by atoms with van der Waals surface area (Å²) in [5.41, 5.74) is 4.20. The van der Waals surface area contributed by atoms with Gasteiger partial charge in [-0.1, -0.05) is 6.07 Å². The Morgan fingerprint density at radius 1 is 0.963 bits per heavy atom. The summed E-state index contributed by atoms with van der Waals surface area (Å²) in [5.74, 6) is 0.788. The molecule has 0 N–H and O–H groups in total. The Labute approximate surface area is 156 Å². The van der Waals surface area contributed by atoms with E-state index in [9.17, 15) is 4.79 Å². The summed E-state index contributed by atoms with van der Waals surface area (Å²) in [6.45, 7) is 3.89. The number of pyridine rings is 1. The molecule has 0 unspecified atom stereocenters. The van der Waals surface area contributed by atoms with Crippen molar-refractivity contribution in [2.24, 2.45) is 0 Å². The van der Waals surface area contributed by atoms with Crippen LogP contribution < -0.4 is 10.3 Å². The lowest BCUT2D eigenvalue weighted by molar-refractivity contribution is 0.415. The molecule has 27 heavy (non-hydrogen) atoms. The monoisotopic (exact) mass is 360 g/mol. The van der Waals surface area contributed by atoms with Crippen LogP contribution in [0.25, 0.3) is 28.0 Å². The maximum atomic E-state index is 12.1. The van der Waals surface area contributed by atoms with Gasteiger partial charge < -0.3 is 4.74 Å². The van der Waals surface area contributed by atoms with Crippen LogP contribution in [0.4, 0.5) is 0 Å². The minimum atomic E-state index is -0.115. The van der Waals surface area contributed by atoms with Crippen LogP contribution in [0.5, 0.6) is 5.75 Å². The molecule has 0 atom stereocenters. The highest BCUT2D eigenvalue weighted by atomic mass is 16.5. The zero-order valence-corrected chi connectivity index (χ0v) is 15.5. The van der Waals surface area contributed by atoms with E-state index < -0.39 is 0 Å². The van der Waals surface area contributed by atoms with Crippen LogP contribution in [-0.2, 0) is 0 Å². The first-order chi connectivity index (χ1) is 13.1. The zero-order valence-electron chi connectivity index (χ0n) is 15.5. The van der Waals surface area contributed by atoms with Crippen LogP contribution in [0.1, 0.15) is 19.9 Å². The lowest BCUT2D eigenvalue weighted by atomic mass is 10.0. The second kappa shape index (κ2) is 6.72. The zero-order chi connectivity index (χ0) is 19.0. The Morgan fingerprint density at radius 2 is 1.74 bits per heavy atom. The Hall–Kier alpha value is -3.41. The molecule has 0 aliphatic heterocycles. The molecule has 0 amide bonds. The first-order valence-electron chi connectivity index (χ1n) is 8.80. The topological polar surface area (TPSA) is 61.4 Å². The maximum absolute atomic E-state index is 12.1. The Bertz CT molecular complexity index is 1160. The average Bonchev–Trinajstić information content (AvgIpc) is 3.08. The first-order valence-corrected chi connectivity index (χ1v) is 8.80. The summed E-state index contributed by atoms with van der Waals surface area (Å²) in [7, 11) is 1.64. The molecule has 0 fully saturated rings. The van der Waals surface area contributed by atoms with Crippen LogP contribution in [0.2, 0.25) is 0 Å². The van der Waals surface area contributed by atoms with Gasteiger partial charge in [0.1, 0.15) is 11.4 Å². The fraction of sp³-hybridized carbons (Fsp3) is 0.190. The van der Waals surface area contributed by atoms with Gasteiger partial charge in [-0.25, -0.2) is 9.20 Å². The van der Waals surface area contributed by atoms with Gasteiger partial charge in [0, 0.05) is 17.8 Å². The summed E-state index contributed by atoms with van der Waals surface area (Å²) >= 11 is 0. The lowest BCUT2D eigenvalue weighted by Gasteiger charge is -2.10. The van der Waals surface area contributed by atoms with Gasteiger partial charge in [0.15, 0.2) is 0 Å². The van der Waals surface area contributed by atoms with Crippen LogP contribution in [-0.4, -0.2) is 26.5 Å². The van der Waals surface area contributed by atoms with Crippen molar-refractivity contribution in [3.05, 3.63) is 71.1 Å². The Morgan fingerprint density at radius 3 is 2.44 bits per heavy atom. The molecule has 0 saturated carbocycles. The maximum Gasteiger partial charge on any atom is 0.267 e. The van der Waals surface area contributed by atoms with Gasteiger partial charge in [0.05, 0.1) is 29.9 Å². The molecule has 0 saturated heterocycles. The van der Waals surface area contributed by atoms with Crippen molar-refractivity contribution < 1.29 is 4.74 Å². The molecule has 0 aliphatic rings. The van der Waals surface area contributed by atoms with E-state index in [4.69, 9.17) is 9.84 Å². The van der Waals surface area contributed by atoms with Crippen molar-refractivity contribution in [2.45, 2.75) is 19.9 Å². The van der Waals surface area contributed by atoms with E-state index >= 15 is 0 Å².